The van der Waals surface area contributed by atoms with Crippen LogP contribution in [0.25, 0.3) is 0 Å². The molecule has 4 heterocycles. The first-order chi connectivity index (χ1) is 15.6. The van der Waals surface area contributed by atoms with Gasteiger partial charge in [0.05, 0.1) is 31.0 Å². The zero-order valence-electron chi connectivity index (χ0n) is 19.2. The molecule has 2 aromatic heterocycles. The predicted molar refractivity (Wildman–Crippen MR) is 130 cm³/mol. The van der Waals surface area contributed by atoms with Crippen molar-refractivity contribution in [1.82, 2.24) is 24.7 Å². The lowest BCUT2D eigenvalue weighted by Gasteiger charge is -2.28. The second-order valence-electron chi connectivity index (χ2n) is 8.68. The first-order valence-electron chi connectivity index (χ1n) is 11.7. The zero-order chi connectivity index (χ0) is 22.5. The van der Waals surface area contributed by atoms with Gasteiger partial charge >= 0.3 is 0 Å². The maximum atomic E-state index is 9.44. The van der Waals surface area contributed by atoms with Gasteiger partial charge in [0.15, 0.2) is 5.11 Å². The third-order valence-corrected chi connectivity index (χ3v) is 7.00. The molecule has 7 nitrogen and oxygen atoms in total. The van der Waals surface area contributed by atoms with Crippen LogP contribution in [-0.4, -0.2) is 75.6 Å². The van der Waals surface area contributed by atoms with Crippen molar-refractivity contribution in [3.05, 3.63) is 53.1 Å². The molecule has 0 spiro atoms. The molecular formula is C24H35N5O2S. The van der Waals surface area contributed by atoms with Crippen LogP contribution in [0.1, 0.15) is 47.6 Å². The number of hydrogen-bond acceptors (Lipinski definition) is 5. The van der Waals surface area contributed by atoms with E-state index in [0.717, 1.165) is 63.2 Å². The van der Waals surface area contributed by atoms with Gasteiger partial charge < -0.3 is 24.6 Å². The van der Waals surface area contributed by atoms with E-state index < -0.39 is 0 Å². The van der Waals surface area contributed by atoms with Crippen LogP contribution in [0.5, 0.6) is 0 Å². The normalized spacial score (nSPS) is 21.8. The molecule has 2 aliphatic rings. The largest absolute Gasteiger partial charge is 0.396 e. The Morgan fingerprint density at radius 1 is 1.16 bits per heavy atom. The number of aliphatic hydroxyl groups excluding tert-OH is 1. The summed E-state index contributed by atoms with van der Waals surface area (Å²) in [4.78, 5) is 9.34. The summed E-state index contributed by atoms with van der Waals surface area (Å²) in [6.07, 6.45) is 3.64. The highest BCUT2D eigenvalue weighted by Crippen LogP contribution is 2.40. The number of hydrogen-bond donors (Lipinski definition) is 2. The van der Waals surface area contributed by atoms with Crippen LogP contribution < -0.4 is 5.32 Å². The van der Waals surface area contributed by atoms with Crippen molar-refractivity contribution < 1.29 is 9.84 Å². The van der Waals surface area contributed by atoms with E-state index in [1.165, 1.54) is 17.0 Å². The monoisotopic (exact) mass is 457 g/mol. The Kier molecular flexibility index (Phi) is 7.78. The van der Waals surface area contributed by atoms with Crippen molar-refractivity contribution >= 4 is 17.3 Å². The maximum absolute atomic E-state index is 9.44. The Morgan fingerprint density at radius 3 is 2.69 bits per heavy atom. The summed E-state index contributed by atoms with van der Waals surface area (Å²) < 4.78 is 7.91. The fourth-order valence-corrected chi connectivity index (χ4v) is 5.31. The molecule has 2 saturated heterocycles. The number of aromatic nitrogens is 2. The van der Waals surface area contributed by atoms with E-state index in [9.17, 15) is 5.11 Å². The van der Waals surface area contributed by atoms with Crippen molar-refractivity contribution in [2.75, 3.05) is 46.0 Å². The van der Waals surface area contributed by atoms with Crippen molar-refractivity contribution in [1.29, 1.82) is 0 Å². The molecule has 8 heteroatoms. The number of aliphatic hydroxyl groups is 1. The first kappa shape index (κ1) is 23.2. The first-order valence-corrected chi connectivity index (χ1v) is 12.1. The van der Waals surface area contributed by atoms with Crippen molar-refractivity contribution in [3.63, 3.8) is 0 Å². The zero-order valence-corrected chi connectivity index (χ0v) is 20.0. The van der Waals surface area contributed by atoms with Crippen LogP contribution in [0.3, 0.4) is 0 Å². The maximum Gasteiger partial charge on any atom is 0.170 e. The van der Waals surface area contributed by atoms with E-state index in [4.69, 9.17) is 17.0 Å². The van der Waals surface area contributed by atoms with Gasteiger partial charge in [0.2, 0.25) is 0 Å². The number of morpholine rings is 1. The van der Waals surface area contributed by atoms with Crippen LogP contribution in [0.15, 0.2) is 30.5 Å². The molecular weight excluding hydrogens is 422 g/mol. The van der Waals surface area contributed by atoms with Gasteiger partial charge in [0.25, 0.3) is 0 Å². The lowest BCUT2D eigenvalue weighted by molar-refractivity contribution is 0.0369. The summed E-state index contributed by atoms with van der Waals surface area (Å²) in [6, 6.07) is 8.38. The Labute approximate surface area is 196 Å². The van der Waals surface area contributed by atoms with Crippen molar-refractivity contribution in [2.45, 2.75) is 45.3 Å². The van der Waals surface area contributed by atoms with E-state index >= 15 is 0 Å². The molecule has 0 radical (unpaired) electrons. The second kappa shape index (κ2) is 10.7. The van der Waals surface area contributed by atoms with Gasteiger partial charge in [0, 0.05) is 56.9 Å². The highest BCUT2D eigenvalue weighted by Gasteiger charge is 2.40. The molecule has 2 N–H and O–H groups in total. The number of ether oxygens (including phenoxy) is 1. The van der Waals surface area contributed by atoms with Gasteiger partial charge in [-0.3, -0.25) is 9.88 Å². The summed E-state index contributed by atoms with van der Waals surface area (Å²) in [5.41, 5.74) is 4.84. The topological polar surface area (TPSA) is 65.8 Å². The van der Waals surface area contributed by atoms with Crippen LogP contribution in [0.4, 0.5) is 0 Å². The van der Waals surface area contributed by atoms with Crippen LogP contribution in [-0.2, 0) is 11.3 Å². The number of nitrogens with zero attached hydrogens (tertiary/aromatic N) is 4. The van der Waals surface area contributed by atoms with Gasteiger partial charge in [-0.1, -0.05) is 6.07 Å². The SMILES string of the molecule is Cc1cc(C2C(c3ccccn3)NC(=S)N2CCCO)c(C)n1CCCN1CCOCC1. The number of rotatable bonds is 9. The number of pyridine rings is 1. The number of thiocarbonyl (C=S) groups is 1. The lowest BCUT2D eigenvalue weighted by atomic mass is 9.96. The average molecular weight is 458 g/mol. The fraction of sp³-hybridized carbons (Fsp3) is 0.583. The lowest BCUT2D eigenvalue weighted by Crippen LogP contribution is -2.37. The summed E-state index contributed by atoms with van der Waals surface area (Å²) in [5.74, 6) is 0. The smallest absolute Gasteiger partial charge is 0.170 e. The summed E-state index contributed by atoms with van der Waals surface area (Å²) >= 11 is 5.72. The molecule has 0 aromatic carbocycles. The number of nitrogens with one attached hydrogen (secondary N) is 1. The minimum absolute atomic E-state index is 0.00954. The molecule has 2 aromatic rings. The van der Waals surface area contributed by atoms with Gasteiger partial charge in [-0.05, 0) is 62.7 Å². The van der Waals surface area contributed by atoms with Crippen LogP contribution in [0.2, 0.25) is 0 Å². The quantitative estimate of drug-likeness (QED) is 0.561. The summed E-state index contributed by atoms with van der Waals surface area (Å²) in [5, 5.41) is 13.7. The van der Waals surface area contributed by atoms with Crippen molar-refractivity contribution in [2.24, 2.45) is 0 Å². The van der Waals surface area contributed by atoms with Crippen molar-refractivity contribution in [3.8, 4) is 0 Å². The van der Waals surface area contributed by atoms with Crippen LogP contribution in [0, 0.1) is 13.8 Å². The minimum Gasteiger partial charge on any atom is -0.396 e. The Morgan fingerprint density at radius 2 is 1.97 bits per heavy atom. The van der Waals surface area contributed by atoms with E-state index in [2.05, 4.69) is 50.6 Å². The molecule has 0 bridgehead atoms. The summed E-state index contributed by atoms with van der Waals surface area (Å²) in [6.45, 7) is 11.2. The Balaban J connectivity index is 1.56. The molecule has 0 amide bonds. The fourth-order valence-electron chi connectivity index (χ4n) is 4.97. The molecule has 2 aliphatic heterocycles. The predicted octanol–water partition coefficient (Wildman–Crippen LogP) is 2.58. The standard InChI is InChI=1S/C24H35N5O2S/c1-18-17-20(19(2)28(18)10-5-9-27-12-15-31-16-13-27)23-22(21-7-3-4-8-25-21)26-24(32)29(23)11-6-14-30/h3-4,7-8,17,22-23,30H,5-6,9-16H2,1-2H3,(H,26,32). The molecule has 2 fully saturated rings. The van der Waals surface area contributed by atoms with Gasteiger partial charge in [-0.15, -0.1) is 0 Å². The molecule has 0 saturated carbocycles. The molecule has 2 atom stereocenters. The van der Waals surface area contributed by atoms with Gasteiger partial charge in [-0.2, -0.15) is 0 Å². The van der Waals surface area contributed by atoms with E-state index in [-0.39, 0.29) is 18.7 Å². The van der Waals surface area contributed by atoms with E-state index in [1.54, 1.807) is 0 Å². The Bertz CT molecular complexity index is 897. The van der Waals surface area contributed by atoms with Gasteiger partial charge in [0.1, 0.15) is 0 Å². The molecule has 32 heavy (non-hydrogen) atoms. The second-order valence-corrected chi connectivity index (χ2v) is 9.07. The molecule has 174 valence electrons. The number of aryl methyl sites for hydroxylation is 1. The highest BCUT2D eigenvalue weighted by molar-refractivity contribution is 7.80. The van der Waals surface area contributed by atoms with Crippen LogP contribution >= 0.6 is 12.2 Å². The summed E-state index contributed by atoms with van der Waals surface area (Å²) in [7, 11) is 0. The van der Waals surface area contributed by atoms with E-state index in [0.29, 0.717) is 6.42 Å². The van der Waals surface area contributed by atoms with E-state index in [1.807, 2.05) is 18.3 Å². The molecule has 4 rings (SSSR count). The minimum atomic E-state index is -0.00954. The molecule has 2 unspecified atom stereocenters. The third kappa shape index (κ3) is 4.98. The Hall–Kier alpha value is -2.00. The highest BCUT2D eigenvalue weighted by atomic mass is 32.1. The molecule has 0 aliphatic carbocycles. The average Bonchev–Trinajstić information content (AvgIpc) is 3.29. The third-order valence-electron chi connectivity index (χ3n) is 6.65. The van der Waals surface area contributed by atoms with Gasteiger partial charge in [-0.25, -0.2) is 0 Å².